The molecule has 2 aromatic carbocycles. The van der Waals surface area contributed by atoms with E-state index in [0.29, 0.717) is 17.9 Å². The summed E-state index contributed by atoms with van der Waals surface area (Å²) in [6.07, 6.45) is 0. The van der Waals surface area contributed by atoms with Gasteiger partial charge in [0.05, 0.1) is 12.7 Å². The van der Waals surface area contributed by atoms with Crippen LogP contribution in [-0.4, -0.2) is 54.5 Å². The van der Waals surface area contributed by atoms with Crippen molar-refractivity contribution in [2.24, 2.45) is 11.8 Å². The first-order valence-corrected chi connectivity index (χ1v) is 12.7. The smallest absolute Gasteiger partial charge is 0.224 e. The molecule has 2 aliphatic rings. The van der Waals surface area contributed by atoms with Crippen molar-refractivity contribution in [3.05, 3.63) is 87.0 Å². The Hall–Kier alpha value is -2.16. The van der Waals surface area contributed by atoms with Gasteiger partial charge in [-0.05, 0) is 37.4 Å². The lowest BCUT2D eigenvalue weighted by atomic mass is 9.70. The normalized spacial score (nSPS) is 29.1. The van der Waals surface area contributed by atoms with Gasteiger partial charge in [-0.3, -0.25) is 0 Å². The molecule has 2 N–H and O–H groups in total. The monoisotopic (exact) mass is 558 g/mol. The lowest BCUT2D eigenvalue weighted by Gasteiger charge is -2.42. The zero-order chi connectivity index (χ0) is 25.0. The number of hydrogen-bond acceptors (Lipinski definition) is 6. The molecule has 0 saturated heterocycles. The minimum Gasteiger partial charge on any atom is -0.481 e. The van der Waals surface area contributed by atoms with E-state index in [4.69, 9.17) is 21.1 Å². The van der Waals surface area contributed by atoms with Crippen molar-refractivity contribution < 1.29 is 19.7 Å². The maximum atomic E-state index is 13.1. The van der Waals surface area contributed by atoms with Crippen molar-refractivity contribution in [1.29, 1.82) is 0 Å². The summed E-state index contributed by atoms with van der Waals surface area (Å²) in [6, 6.07) is 19.4. The Morgan fingerprint density at radius 1 is 1.14 bits per heavy atom. The number of halogens is 2. The van der Waals surface area contributed by atoms with Crippen LogP contribution in [0.2, 0.25) is 5.15 Å². The first-order valence-electron chi connectivity index (χ1n) is 11.5. The fourth-order valence-corrected chi connectivity index (χ4v) is 6.72. The molecule has 0 spiro atoms. The molecular formula is C27H28BrClN2O4. The van der Waals surface area contributed by atoms with Gasteiger partial charge in [-0.15, -0.1) is 0 Å². The van der Waals surface area contributed by atoms with Crippen LogP contribution >= 0.6 is 27.5 Å². The van der Waals surface area contributed by atoms with Gasteiger partial charge in [-0.2, -0.15) is 0 Å². The number of fused-ring (bicyclic) bond motifs is 3. The average Bonchev–Trinajstić information content (AvgIpc) is 3.21. The number of nitrogens with zero attached hydrogens (tertiary/aromatic N) is 2. The van der Waals surface area contributed by atoms with E-state index >= 15 is 0 Å². The lowest BCUT2D eigenvalue weighted by Crippen LogP contribution is -2.52. The van der Waals surface area contributed by atoms with Crippen molar-refractivity contribution >= 4 is 27.5 Å². The van der Waals surface area contributed by atoms with Gasteiger partial charge >= 0.3 is 0 Å². The van der Waals surface area contributed by atoms with Crippen LogP contribution in [-0.2, 0) is 11.2 Å². The number of hydrogen-bond donors (Lipinski definition) is 2. The van der Waals surface area contributed by atoms with Gasteiger partial charge in [-0.1, -0.05) is 70.0 Å². The number of aromatic nitrogens is 1. The van der Waals surface area contributed by atoms with Crippen LogP contribution in [0.15, 0.2) is 65.1 Å². The van der Waals surface area contributed by atoms with Crippen LogP contribution in [0.5, 0.6) is 11.6 Å². The van der Waals surface area contributed by atoms with Crippen LogP contribution in [0, 0.1) is 11.8 Å². The minimum absolute atomic E-state index is 0.124. The van der Waals surface area contributed by atoms with Gasteiger partial charge in [0.15, 0.2) is 5.60 Å². The zero-order valence-corrected chi connectivity index (χ0v) is 22.1. The summed E-state index contributed by atoms with van der Waals surface area (Å²) >= 11 is 9.88. The number of aliphatic hydroxyl groups excluding tert-OH is 1. The summed E-state index contributed by atoms with van der Waals surface area (Å²) < 4.78 is 13.5. The molecular weight excluding hydrogens is 532 g/mol. The highest BCUT2D eigenvalue weighted by Gasteiger charge is 2.76. The van der Waals surface area contributed by atoms with E-state index in [1.54, 1.807) is 6.07 Å². The first-order chi connectivity index (χ1) is 16.8. The summed E-state index contributed by atoms with van der Waals surface area (Å²) in [5, 5.41) is 24.1. The summed E-state index contributed by atoms with van der Waals surface area (Å²) in [5.41, 5.74) is -0.593. The molecule has 1 aliphatic carbocycles. The van der Waals surface area contributed by atoms with Crippen LogP contribution in [0.4, 0.5) is 0 Å². The average molecular weight is 560 g/mol. The van der Waals surface area contributed by atoms with Crippen molar-refractivity contribution in [3.8, 4) is 11.6 Å². The molecule has 5 atom stereocenters. The van der Waals surface area contributed by atoms with E-state index in [1.165, 1.54) is 7.11 Å². The second-order valence-corrected chi connectivity index (χ2v) is 10.8. The third-order valence-electron chi connectivity index (χ3n) is 7.45. The minimum atomic E-state index is -1.57. The van der Waals surface area contributed by atoms with Gasteiger partial charge in [0.1, 0.15) is 16.5 Å². The number of benzene rings is 2. The predicted octanol–water partition coefficient (Wildman–Crippen LogP) is 4.57. The van der Waals surface area contributed by atoms with Crippen LogP contribution in [0.3, 0.4) is 0 Å². The van der Waals surface area contributed by atoms with Crippen molar-refractivity contribution in [1.82, 2.24) is 9.88 Å². The fourth-order valence-electron chi connectivity index (χ4n) is 6.28. The lowest BCUT2D eigenvalue weighted by molar-refractivity contribution is -0.131. The van der Waals surface area contributed by atoms with Gasteiger partial charge in [0.2, 0.25) is 5.88 Å². The van der Waals surface area contributed by atoms with E-state index < -0.39 is 17.1 Å². The molecule has 5 rings (SSSR count). The van der Waals surface area contributed by atoms with E-state index in [9.17, 15) is 10.2 Å². The molecule has 0 bridgehead atoms. The van der Waals surface area contributed by atoms with Crippen molar-refractivity contribution in [2.75, 3.05) is 34.4 Å². The van der Waals surface area contributed by atoms with Gasteiger partial charge in [0.25, 0.3) is 0 Å². The third kappa shape index (κ3) is 3.51. The fraction of sp³-hybridized carbons (Fsp3) is 0.370. The van der Waals surface area contributed by atoms with Gasteiger partial charge < -0.3 is 24.6 Å². The molecule has 35 heavy (non-hydrogen) atoms. The Bertz CT molecular complexity index is 1230. The van der Waals surface area contributed by atoms with Gasteiger partial charge in [0, 0.05) is 41.4 Å². The van der Waals surface area contributed by atoms with Crippen molar-refractivity contribution in [3.63, 3.8) is 0 Å². The summed E-state index contributed by atoms with van der Waals surface area (Å²) in [4.78, 5) is 6.42. The molecule has 184 valence electrons. The molecule has 1 fully saturated rings. The number of rotatable bonds is 6. The Labute approximate surface area is 218 Å². The number of ether oxygens (including phenoxy) is 2. The molecule has 0 amide bonds. The summed E-state index contributed by atoms with van der Waals surface area (Å²) in [5.74, 6) is -0.436. The molecule has 6 nitrogen and oxygen atoms in total. The van der Waals surface area contributed by atoms with E-state index in [2.05, 4.69) is 20.9 Å². The zero-order valence-electron chi connectivity index (χ0n) is 19.8. The quantitative estimate of drug-likeness (QED) is 0.431. The Kier molecular flexibility index (Phi) is 6.34. The van der Waals surface area contributed by atoms with Gasteiger partial charge in [-0.25, -0.2) is 4.98 Å². The summed E-state index contributed by atoms with van der Waals surface area (Å²) in [6.45, 7) is 0.388. The maximum Gasteiger partial charge on any atom is 0.224 e. The molecule has 1 aliphatic heterocycles. The summed E-state index contributed by atoms with van der Waals surface area (Å²) in [7, 11) is 5.43. The Morgan fingerprint density at radius 3 is 2.43 bits per heavy atom. The van der Waals surface area contributed by atoms with Crippen molar-refractivity contribution in [2.45, 2.75) is 17.1 Å². The SMILES string of the molecule is COc1nc(Cl)cc2c1[C@]1(O)C(CN(C)C)[C@H](CO)[C@@H](c3ccccc3)[C@]1(c1ccc(Br)cc1)O2. The first kappa shape index (κ1) is 24.5. The topological polar surface area (TPSA) is 75.1 Å². The maximum absolute atomic E-state index is 13.1. The highest BCUT2D eigenvalue weighted by molar-refractivity contribution is 9.10. The van der Waals surface area contributed by atoms with Crippen LogP contribution in [0.1, 0.15) is 22.6 Å². The second-order valence-electron chi connectivity index (χ2n) is 9.54. The molecule has 1 saturated carbocycles. The Balaban J connectivity index is 1.89. The van der Waals surface area contributed by atoms with E-state index in [-0.39, 0.29) is 29.5 Å². The van der Waals surface area contributed by atoms with E-state index in [1.807, 2.05) is 73.6 Å². The largest absolute Gasteiger partial charge is 0.481 e. The second kappa shape index (κ2) is 9.05. The third-order valence-corrected chi connectivity index (χ3v) is 8.18. The van der Waals surface area contributed by atoms with Crippen LogP contribution < -0.4 is 9.47 Å². The molecule has 2 heterocycles. The molecule has 1 unspecified atom stereocenters. The number of pyridine rings is 1. The Morgan fingerprint density at radius 2 is 1.83 bits per heavy atom. The van der Waals surface area contributed by atoms with Crippen LogP contribution in [0.25, 0.3) is 0 Å². The molecule has 0 radical (unpaired) electrons. The van der Waals surface area contributed by atoms with E-state index in [0.717, 1.165) is 15.6 Å². The predicted molar refractivity (Wildman–Crippen MR) is 138 cm³/mol. The number of aliphatic hydroxyl groups is 2. The highest BCUT2D eigenvalue weighted by atomic mass is 79.9. The standard InChI is InChI=1S/C27H28BrClN2O4/c1-31(2)14-20-19(15-32)23(16-7-5-4-6-8-16)27(17-9-11-18(28)12-10-17)26(20,33)24-21(35-27)13-22(29)30-25(24)34-3/h4-13,19-20,23,32-33H,14-15H2,1-3H3/t19-,20?,23+,26+,27-/m0/s1. The molecule has 1 aromatic heterocycles. The highest BCUT2D eigenvalue weighted by Crippen LogP contribution is 2.71. The molecule has 3 aromatic rings. The number of methoxy groups -OCH3 is 1. The molecule has 8 heteroatoms.